The minimum absolute atomic E-state index is 0.288. The monoisotopic (exact) mass is 241 g/mol. The molecule has 1 aromatic rings. The molecule has 5 nitrogen and oxygen atoms in total. The van der Waals surface area contributed by atoms with Crippen molar-refractivity contribution >= 4 is 17.3 Å². The van der Waals surface area contributed by atoms with Gasteiger partial charge >= 0.3 is 0 Å². The molecule has 2 unspecified atom stereocenters. The van der Waals surface area contributed by atoms with E-state index in [0.29, 0.717) is 16.8 Å². The van der Waals surface area contributed by atoms with E-state index in [9.17, 15) is 0 Å². The van der Waals surface area contributed by atoms with Gasteiger partial charge < -0.3 is 9.36 Å². The van der Waals surface area contributed by atoms with Gasteiger partial charge in [0.15, 0.2) is 17.5 Å². The highest BCUT2D eigenvalue weighted by Crippen LogP contribution is 2.25. The lowest BCUT2D eigenvalue weighted by Gasteiger charge is -2.12. The maximum atomic E-state index is 5.61. The lowest BCUT2D eigenvalue weighted by atomic mass is 10.0. The number of hydrogen-bond donors (Lipinski definition) is 0. The largest absolute Gasteiger partial charge is 0.387 e. The Morgan fingerprint density at radius 3 is 3.25 bits per heavy atom. The molecule has 3 rings (SSSR count). The van der Waals surface area contributed by atoms with Crippen LogP contribution in [0.15, 0.2) is 15.7 Å². The van der Waals surface area contributed by atoms with Crippen molar-refractivity contribution in [2.75, 3.05) is 19.6 Å². The molecule has 0 saturated carbocycles. The zero-order valence-electron chi connectivity index (χ0n) is 8.73. The van der Waals surface area contributed by atoms with Gasteiger partial charge in [0, 0.05) is 25.1 Å². The maximum absolute atomic E-state index is 5.61. The number of rotatable bonds is 3. The van der Waals surface area contributed by atoms with Crippen LogP contribution in [0.25, 0.3) is 0 Å². The van der Waals surface area contributed by atoms with E-state index >= 15 is 0 Å². The van der Waals surface area contributed by atoms with Crippen LogP contribution in [0.4, 0.5) is 0 Å². The van der Waals surface area contributed by atoms with Crippen LogP contribution >= 0.6 is 11.6 Å². The molecule has 0 aliphatic carbocycles. The lowest BCUT2D eigenvalue weighted by molar-refractivity contribution is 0.107. The standard InChI is InChI=1S/C10H12ClN3O2/c11-10-3-8(16-13-10)6-15-12-9-5-14-2-1-7(9)4-14/h3,7H,1-2,4-6H2. The van der Waals surface area contributed by atoms with Gasteiger partial charge in [-0.05, 0) is 13.0 Å². The maximum Gasteiger partial charge on any atom is 0.178 e. The summed E-state index contributed by atoms with van der Waals surface area (Å²) in [6, 6.07) is 1.63. The molecule has 86 valence electrons. The molecule has 2 saturated heterocycles. The smallest absolute Gasteiger partial charge is 0.178 e. The van der Waals surface area contributed by atoms with Crippen molar-refractivity contribution in [3.05, 3.63) is 17.0 Å². The Morgan fingerprint density at radius 1 is 1.69 bits per heavy atom. The van der Waals surface area contributed by atoms with Crippen LogP contribution in [0.3, 0.4) is 0 Å². The summed E-state index contributed by atoms with van der Waals surface area (Å²) in [5.74, 6) is 1.19. The van der Waals surface area contributed by atoms with Gasteiger partial charge in [-0.1, -0.05) is 21.9 Å². The van der Waals surface area contributed by atoms with Crippen LogP contribution in [0.1, 0.15) is 12.2 Å². The van der Waals surface area contributed by atoms with E-state index in [2.05, 4.69) is 15.2 Å². The van der Waals surface area contributed by atoms with Gasteiger partial charge in [0.1, 0.15) is 0 Å². The predicted octanol–water partition coefficient (Wildman–Crippen LogP) is 1.54. The molecule has 0 spiro atoms. The van der Waals surface area contributed by atoms with Crippen molar-refractivity contribution in [1.82, 2.24) is 10.1 Å². The summed E-state index contributed by atoms with van der Waals surface area (Å²) in [5.41, 5.74) is 1.15. The van der Waals surface area contributed by atoms with Crippen LogP contribution in [0, 0.1) is 5.92 Å². The molecule has 1 aromatic heterocycles. The van der Waals surface area contributed by atoms with Crippen molar-refractivity contribution in [1.29, 1.82) is 0 Å². The molecule has 6 heteroatoms. The van der Waals surface area contributed by atoms with E-state index in [1.165, 1.54) is 13.0 Å². The molecule has 3 heterocycles. The van der Waals surface area contributed by atoms with Crippen LogP contribution in [0.2, 0.25) is 5.15 Å². The Labute approximate surface area is 98.0 Å². The second-order valence-corrected chi connectivity index (χ2v) is 4.58. The van der Waals surface area contributed by atoms with Gasteiger partial charge in [0.25, 0.3) is 0 Å². The second kappa shape index (κ2) is 4.07. The molecular formula is C10H12ClN3O2. The Morgan fingerprint density at radius 2 is 2.62 bits per heavy atom. The van der Waals surface area contributed by atoms with Gasteiger partial charge in [-0.3, -0.25) is 4.90 Å². The van der Waals surface area contributed by atoms with Gasteiger partial charge in [-0.25, -0.2) is 0 Å². The third-order valence-corrected chi connectivity index (χ3v) is 3.23. The van der Waals surface area contributed by atoms with E-state index in [0.717, 1.165) is 18.8 Å². The quantitative estimate of drug-likeness (QED) is 0.754. The summed E-state index contributed by atoms with van der Waals surface area (Å²) in [7, 11) is 0. The van der Waals surface area contributed by atoms with E-state index in [1.54, 1.807) is 6.07 Å². The fraction of sp³-hybridized carbons (Fsp3) is 0.600. The first-order valence-corrected chi connectivity index (χ1v) is 5.71. The lowest BCUT2D eigenvalue weighted by Crippen LogP contribution is -2.23. The van der Waals surface area contributed by atoms with Crippen LogP contribution in [0.5, 0.6) is 0 Å². The Bertz CT molecular complexity index is 418. The summed E-state index contributed by atoms with van der Waals surface area (Å²) >= 11 is 5.61. The summed E-state index contributed by atoms with van der Waals surface area (Å²) in [6.07, 6.45) is 1.20. The molecule has 2 fully saturated rings. The molecule has 16 heavy (non-hydrogen) atoms. The predicted molar refractivity (Wildman–Crippen MR) is 58.3 cm³/mol. The summed E-state index contributed by atoms with van der Waals surface area (Å²) in [4.78, 5) is 7.63. The fourth-order valence-corrected chi connectivity index (χ4v) is 2.40. The molecule has 0 aromatic carbocycles. The van der Waals surface area contributed by atoms with Crippen LogP contribution in [-0.2, 0) is 11.4 Å². The Kier molecular flexibility index (Phi) is 2.57. The third kappa shape index (κ3) is 1.92. The molecular weight excluding hydrogens is 230 g/mol. The first-order chi connectivity index (χ1) is 7.81. The number of halogens is 1. The molecule has 0 N–H and O–H groups in total. The first kappa shape index (κ1) is 10.1. The average Bonchev–Trinajstić information content (AvgIpc) is 2.94. The molecule has 0 amide bonds. The molecule has 2 bridgehead atoms. The van der Waals surface area contributed by atoms with Crippen molar-refractivity contribution in [2.45, 2.75) is 13.0 Å². The number of hydrogen-bond acceptors (Lipinski definition) is 5. The minimum Gasteiger partial charge on any atom is -0.387 e. The summed E-state index contributed by atoms with van der Waals surface area (Å²) in [5, 5.41) is 8.06. The zero-order chi connectivity index (χ0) is 11.0. The summed E-state index contributed by atoms with van der Waals surface area (Å²) < 4.78 is 4.90. The molecule has 2 aliphatic rings. The first-order valence-electron chi connectivity index (χ1n) is 5.33. The average molecular weight is 242 g/mol. The third-order valence-electron chi connectivity index (χ3n) is 3.05. The highest BCUT2D eigenvalue weighted by atomic mass is 35.5. The van der Waals surface area contributed by atoms with Crippen LogP contribution < -0.4 is 0 Å². The van der Waals surface area contributed by atoms with Gasteiger partial charge in [-0.2, -0.15) is 0 Å². The van der Waals surface area contributed by atoms with Crippen molar-refractivity contribution in [3.8, 4) is 0 Å². The van der Waals surface area contributed by atoms with Gasteiger partial charge in [0.2, 0.25) is 0 Å². The van der Waals surface area contributed by atoms with Crippen molar-refractivity contribution < 1.29 is 9.36 Å². The van der Waals surface area contributed by atoms with Crippen molar-refractivity contribution in [2.24, 2.45) is 11.1 Å². The van der Waals surface area contributed by atoms with E-state index in [1.807, 2.05) is 0 Å². The second-order valence-electron chi connectivity index (χ2n) is 4.19. The number of oxime groups is 1. The highest BCUT2D eigenvalue weighted by Gasteiger charge is 2.35. The van der Waals surface area contributed by atoms with E-state index in [4.69, 9.17) is 21.0 Å². The normalized spacial score (nSPS) is 30.2. The van der Waals surface area contributed by atoms with Gasteiger partial charge in [-0.15, -0.1) is 0 Å². The zero-order valence-corrected chi connectivity index (χ0v) is 9.48. The number of fused-ring (bicyclic) bond motifs is 2. The number of piperidine rings is 1. The topological polar surface area (TPSA) is 50.9 Å². The summed E-state index contributed by atoms with van der Waals surface area (Å²) in [6.45, 7) is 3.56. The number of aromatic nitrogens is 1. The SMILES string of the molecule is Clc1cc(CON=C2CN3CCC2C3)on1. The molecule has 2 atom stereocenters. The van der Waals surface area contributed by atoms with Crippen molar-refractivity contribution in [3.63, 3.8) is 0 Å². The minimum atomic E-state index is 0.288. The Hall–Kier alpha value is -1.07. The highest BCUT2D eigenvalue weighted by molar-refractivity contribution is 6.29. The van der Waals surface area contributed by atoms with Crippen LogP contribution in [-0.4, -0.2) is 35.4 Å². The fourth-order valence-electron chi connectivity index (χ4n) is 2.24. The van der Waals surface area contributed by atoms with E-state index < -0.39 is 0 Å². The van der Waals surface area contributed by atoms with Gasteiger partial charge in [0.05, 0.1) is 5.71 Å². The van der Waals surface area contributed by atoms with E-state index in [-0.39, 0.29) is 6.61 Å². The molecule has 0 radical (unpaired) electrons. The molecule has 2 aliphatic heterocycles. The number of nitrogens with zero attached hydrogens (tertiary/aromatic N) is 3. The Balaban J connectivity index is 1.55.